The van der Waals surface area contributed by atoms with Gasteiger partial charge in [0.1, 0.15) is 0 Å². The van der Waals surface area contributed by atoms with Crippen LogP contribution in [0.1, 0.15) is 29.5 Å². The molecule has 0 unspecified atom stereocenters. The number of carboxylic acids is 1. The molecule has 0 atom stereocenters. The van der Waals surface area contributed by atoms with E-state index < -0.39 is 11.4 Å². The van der Waals surface area contributed by atoms with E-state index in [1.54, 1.807) is 13.8 Å². The molecule has 1 aliphatic carbocycles. The van der Waals surface area contributed by atoms with Gasteiger partial charge in [-0.2, -0.15) is 0 Å². The average molecular weight is 222 g/mol. The zero-order valence-corrected chi connectivity index (χ0v) is 9.24. The number of hydrogen-bond donors (Lipinski definition) is 3. The molecule has 2 rings (SSSR count). The molecule has 0 aromatic heterocycles. The second kappa shape index (κ2) is 3.14. The van der Waals surface area contributed by atoms with E-state index in [0.717, 1.165) is 5.56 Å². The van der Waals surface area contributed by atoms with Crippen molar-refractivity contribution < 1.29 is 20.1 Å². The number of phenols is 2. The van der Waals surface area contributed by atoms with Gasteiger partial charge in [-0.3, -0.25) is 4.79 Å². The molecule has 16 heavy (non-hydrogen) atoms. The van der Waals surface area contributed by atoms with Gasteiger partial charge in [0.25, 0.3) is 0 Å². The maximum Gasteiger partial charge on any atom is 0.314 e. The molecule has 0 saturated heterocycles. The monoisotopic (exact) mass is 222 g/mol. The highest BCUT2D eigenvalue weighted by Crippen LogP contribution is 2.52. The van der Waals surface area contributed by atoms with Crippen LogP contribution in [0.15, 0.2) is 6.07 Å². The van der Waals surface area contributed by atoms with Crippen LogP contribution in [-0.4, -0.2) is 21.3 Å². The summed E-state index contributed by atoms with van der Waals surface area (Å²) in [6, 6.07) is 1.37. The highest BCUT2D eigenvalue weighted by Gasteiger charge is 2.53. The van der Waals surface area contributed by atoms with E-state index in [2.05, 4.69) is 0 Å². The zero-order chi connectivity index (χ0) is 12.1. The fraction of sp³-hybridized carbons (Fsp3) is 0.417. The Morgan fingerprint density at radius 1 is 1.25 bits per heavy atom. The molecule has 1 saturated carbocycles. The predicted octanol–water partition coefficient (Wildman–Crippen LogP) is 1.83. The van der Waals surface area contributed by atoms with Gasteiger partial charge in [0, 0.05) is 0 Å². The first-order valence-corrected chi connectivity index (χ1v) is 5.16. The minimum atomic E-state index is -0.861. The fourth-order valence-corrected chi connectivity index (χ4v) is 2.11. The predicted molar refractivity (Wildman–Crippen MR) is 57.8 cm³/mol. The first-order valence-electron chi connectivity index (χ1n) is 5.16. The fourth-order valence-electron chi connectivity index (χ4n) is 2.11. The minimum absolute atomic E-state index is 0.164. The standard InChI is InChI=1S/C12H14O4/c1-6-7(2)10(14)9(13)5-8(6)12(3-4-12)11(15)16/h5,13-14H,3-4H2,1-2H3,(H,15,16). The van der Waals surface area contributed by atoms with Crippen LogP contribution < -0.4 is 0 Å². The van der Waals surface area contributed by atoms with Crippen LogP contribution in [0.25, 0.3) is 0 Å². The second-order valence-electron chi connectivity index (χ2n) is 4.43. The number of hydrogen-bond acceptors (Lipinski definition) is 3. The Balaban J connectivity index is 2.63. The molecule has 4 heteroatoms. The molecule has 86 valence electrons. The van der Waals surface area contributed by atoms with Crippen LogP contribution in [0.2, 0.25) is 0 Å². The van der Waals surface area contributed by atoms with Gasteiger partial charge in [-0.05, 0) is 49.4 Å². The number of rotatable bonds is 2. The molecule has 1 fully saturated rings. The van der Waals surface area contributed by atoms with E-state index in [9.17, 15) is 20.1 Å². The van der Waals surface area contributed by atoms with Crippen LogP contribution >= 0.6 is 0 Å². The summed E-state index contributed by atoms with van der Waals surface area (Å²) in [5.74, 6) is -1.27. The van der Waals surface area contributed by atoms with Crippen molar-refractivity contribution in [2.75, 3.05) is 0 Å². The molecule has 0 spiro atoms. The van der Waals surface area contributed by atoms with Gasteiger partial charge < -0.3 is 15.3 Å². The van der Waals surface area contributed by atoms with Crippen molar-refractivity contribution in [3.63, 3.8) is 0 Å². The summed E-state index contributed by atoms with van der Waals surface area (Å²) in [6.07, 6.45) is 1.18. The van der Waals surface area contributed by atoms with Gasteiger partial charge >= 0.3 is 5.97 Å². The van der Waals surface area contributed by atoms with Crippen molar-refractivity contribution in [1.29, 1.82) is 0 Å². The van der Waals surface area contributed by atoms with E-state index in [1.165, 1.54) is 6.07 Å². The summed E-state index contributed by atoms with van der Waals surface area (Å²) in [4.78, 5) is 11.2. The Morgan fingerprint density at radius 3 is 2.25 bits per heavy atom. The van der Waals surface area contributed by atoms with Crippen molar-refractivity contribution in [3.8, 4) is 11.5 Å². The summed E-state index contributed by atoms with van der Waals surface area (Å²) in [5.41, 5.74) is 1.06. The first kappa shape index (κ1) is 10.8. The molecule has 0 bridgehead atoms. The Bertz CT molecular complexity index is 472. The van der Waals surface area contributed by atoms with Crippen LogP contribution in [-0.2, 0) is 10.2 Å². The molecule has 3 N–H and O–H groups in total. The molecule has 4 nitrogen and oxygen atoms in total. The van der Waals surface area contributed by atoms with Gasteiger partial charge in [0.15, 0.2) is 11.5 Å². The topological polar surface area (TPSA) is 77.8 Å². The molecular weight excluding hydrogens is 208 g/mol. The lowest BCUT2D eigenvalue weighted by Crippen LogP contribution is -2.21. The first-order chi connectivity index (χ1) is 7.40. The van der Waals surface area contributed by atoms with Gasteiger partial charge in [0.2, 0.25) is 0 Å². The summed E-state index contributed by atoms with van der Waals surface area (Å²) in [7, 11) is 0. The van der Waals surface area contributed by atoms with E-state index in [1.807, 2.05) is 0 Å². The summed E-state index contributed by atoms with van der Waals surface area (Å²) < 4.78 is 0. The smallest absolute Gasteiger partial charge is 0.314 e. The van der Waals surface area contributed by atoms with Crippen molar-refractivity contribution in [3.05, 3.63) is 22.8 Å². The number of aromatic hydroxyl groups is 2. The lowest BCUT2D eigenvalue weighted by Gasteiger charge is -2.17. The van der Waals surface area contributed by atoms with Crippen molar-refractivity contribution in [1.82, 2.24) is 0 Å². The van der Waals surface area contributed by atoms with Crippen molar-refractivity contribution >= 4 is 5.97 Å². The number of carbonyl (C=O) groups is 1. The quantitative estimate of drug-likeness (QED) is 0.667. The highest BCUT2D eigenvalue weighted by atomic mass is 16.4. The molecule has 1 aliphatic rings. The van der Waals surface area contributed by atoms with Gasteiger partial charge in [-0.1, -0.05) is 0 Å². The molecule has 0 aliphatic heterocycles. The molecule has 0 heterocycles. The lowest BCUT2D eigenvalue weighted by atomic mass is 9.89. The number of carboxylic acid groups (broad SMARTS) is 1. The second-order valence-corrected chi connectivity index (χ2v) is 4.43. The van der Waals surface area contributed by atoms with Gasteiger partial charge in [-0.25, -0.2) is 0 Å². The molecule has 1 aromatic carbocycles. The zero-order valence-electron chi connectivity index (χ0n) is 9.24. The third-order valence-electron chi connectivity index (χ3n) is 3.52. The largest absolute Gasteiger partial charge is 0.504 e. The number of aliphatic carboxylic acids is 1. The Labute approximate surface area is 93.2 Å². The Morgan fingerprint density at radius 2 is 1.81 bits per heavy atom. The van der Waals surface area contributed by atoms with Crippen molar-refractivity contribution in [2.45, 2.75) is 32.1 Å². The molecule has 1 aromatic rings. The maximum absolute atomic E-state index is 11.2. The lowest BCUT2D eigenvalue weighted by molar-refractivity contribution is -0.140. The van der Waals surface area contributed by atoms with Crippen LogP contribution in [0.4, 0.5) is 0 Å². The Hall–Kier alpha value is -1.71. The van der Waals surface area contributed by atoms with E-state index in [-0.39, 0.29) is 11.5 Å². The highest BCUT2D eigenvalue weighted by molar-refractivity contribution is 5.86. The van der Waals surface area contributed by atoms with Crippen LogP contribution in [0.3, 0.4) is 0 Å². The maximum atomic E-state index is 11.2. The normalized spacial score (nSPS) is 17.1. The Kier molecular flexibility index (Phi) is 2.12. The number of phenolic OH excluding ortho intramolecular Hbond substituents is 2. The molecular formula is C12H14O4. The van der Waals surface area contributed by atoms with Gasteiger partial charge in [0.05, 0.1) is 5.41 Å². The van der Waals surface area contributed by atoms with Crippen LogP contribution in [0.5, 0.6) is 11.5 Å². The SMILES string of the molecule is Cc1c(C2(C(=O)O)CC2)cc(O)c(O)c1C. The number of benzene rings is 1. The van der Waals surface area contributed by atoms with E-state index in [0.29, 0.717) is 24.0 Å². The molecule has 0 radical (unpaired) electrons. The van der Waals surface area contributed by atoms with Crippen molar-refractivity contribution in [2.24, 2.45) is 0 Å². The van der Waals surface area contributed by atoms with Crippen LogP contribution in [0, 0.1) is 13.8 Å². The average Bonchev–Trinajstić information content (AvgIpc) is 3.01. The third kappa shape index (κ3) is 1.26. The summed E-state index contributed by atoms with van der Waals surface area (Å²) in [5, 5.41) is 28.3. The summed E-state index contributed by atoms with van der Waals surface area (Å²) in [6.45, 7) is 3.44. The van der Waals surface area contributed by atoms with Gasteiger partial charge in [-0.15, -0.1) is 0 Å². The van der Waals surface area contributed by atoms with E-state index in [4.69, 9.17) is 0 Å². The summed E-state index contributed by atoms with van der Waals surface area (Å²) >= 11 is 0. The third-order valence-corrected chi connectivity index (χ3v) is 3.52. The minimum Gasteiger partial charge on any atom is -0.504 e. The molecule has 0 amide bonds. The van der Waals surface area contributed by atoms with E-state index >= 15 is 0 Å².